The predicted molar refractivity (Wildman–Crippen MR) is 82.3 cm³/mol. The van der Waals surface area contributed by atoms with Crippen molar-refractivity contribution >= 4 is 27.4 Å². The molecule has 0 spiro atoms. The molecule has 1 aromatic carbocycles. The van der Waals surface area contributed by atoms with E-state index < -0.39 is 0 Å². The summed E-state index contributed by atoms with van der Waals surface area (Å²) in [6.07, 6.45) is 1.54. The Morgan fingerprint density at radius 3 is 3.05 bits per heavy atom. The fraction of sp³-hybridized carbons (Fsp3) is 0.200. The van der Waals surface area contributed by atoms with E-state index in [4.69, 9.17) is 9.47 Å². The number of nitrogens with one attached hydrogen (secondary N) is 1. The van der Waals surface area contributed by atoms with Crippen molar-refractivity contribution in [2.75, 3.05) is 18.5 Å². The Kier molecular flexibility index (Phi) is 3.08. The SMILES string of the molecule is c1ccc2c(c1)OC[C@@H](CNc1ncnc3sccc13)O2. The van der Waals surface area contributed by atoms with E-state index in [-0.39, 0.29) is 6.10 Å². The molecule has 21 heavy (non-hydrogen) atoms. The van der Waals surface area contributed by atoms with Gasteiger partial charge in [-0.15, -0.1) is 11.3 Å². The van der Waals surface area contributed by atoms with Gasteiger partial charge in [-0.2, -0.15) is 0 Å². The van der Waals surface area contributed by atoms with Crippen LogP contribution in [0.1, 0.15) is 0 Å². The lowest BCUT2D eigenvalue weighted by Crippen LogP contribution is -2.35. The van der Waals surface area contributed by atoms with Gasteiger partial charge in [-0.3, -0.25) is 0 Å². The maximum atomic E-state index is 5.92. The van der Waals surface area contributed by atoms with Gasteiger partial charge in [-0.1, -0.05) is 12.1 Å². The van der Waals surface area contributed by atoms with Crippen LogP contribution >= 0.6 is 11.3 Å². The van der Waals surface area contributed by atoms with E-state index >= 15 is 0 Å². The molecule has 0 saturated heterocycles. The van der Waals surface area contributed by atoms with Crippen LogP contribution in [0.2, 0.25) is 0 Å². The minimum absolute atomic E-state index is 0.0384. The Hall–Kier alpha value is -2.34. The summed E-state index contributed by atoms with van der Waals surface area (Å²) in [5.41, 5.74) is 0. The summed E-state index contributed by atoms with van der Waals surface area (Å²) in [6.45, 7) is 1.16. The summed E-state index contributed by atoms with van der Waals surface area (Å²) in [5.74, 6) is 2.43. The molecule has 1 aliphatic rings. The van der Waals surface area contributed by atoms with Gasteiger partial charge >= 0.3 is 0 Å². The van der Waals surface area contributed by atoms with Crippen LogP contribution < -0.4 is 14.8 Å². The standard InChI is InChI=1S/C15H13N3O2S/c1-2-4-13-12(3-1)19-8-10(20-13)7-16-14-11-5-6-21-15(11)18-9-17-14/h1-6,9-10H,7-8H2,(H,16,17,18)/t10-/m1/s1. The highest BCUT2D eigenvalue weighted by atomic mass is 32.1. The van der Waals surface area contributed by atoms with Gasteiger partial charge in [0.05, 0.1) is 11.9 Å². The van der Waals surface area contributed by atoms with Gasteiger partial charge in [0.15, 0.2) is 11.5 Å². The van der Waals surface area contributed by atoms with E-state index in [0.29, 0.717) is 13.2 Å². The van der Waals surface area contributed by atoms with Crippen LogP contribution in [0.3, 0.4) is 0 Å². The summed E-state index contributed by atoms with van der Waals surface area (Å²) in [5, 5.41) is 6.38. The van der Waals surface area contributed by atoms with Crippen molar-refractivity contribution in [2.45, 2.75) is 6.10 Å². The molecule has 3 aromatic rings. The van der Waals surface area contributed by atoms with Crippen LogP contribution in [0.5, 0.6) is 11.5 Å². The highest BCUT2D eigenvalue weighted by Gasteiger charge is 2.20. The third kappa shape index (κ3) is 2.38. The summed E-state index contributed by atoms with van der Waals surface area (Å²) in [7, 11) is 0. The number of anilines is 1. The fourth-order valence-electron chi connectivity index (χ4n) is 2.31. The van der Waals surface area contributed by atoms with Gasteiger partial charge in [0.2, 0.25) is 0 Å². The average Bonchev–Trinajstić information content (AvgIpc) is 3.02. The molecule has 6 heteroatoms. The van der Waals surface area contributed by atoms with E-state index in [1.165, 1.54) is 0 Å². The predicted octanol–water partition coefficient (Wildman–Crippen LogP) is 2.94. The third-order valence-electron chi connectivity index (χ3n) is 3.33. The molecule has 0 radical (unpaired) electrons. The molecule has 1 atom stereocenters. The van der Waals surface area contributed by atoms with Crippen LogP contribution in [0.25, 0.3) is 10.2 Å². The van der Waals surface area contributed by atoms with Crippen molar-refractivity contribution in [1.29, 1.82) is 0 Å². The number of para-hydroxylation sites is 2. The number of hydrogen-bond donors (Lipinski definition) is 1. The Bertz CT molecular complexity index is 774. The lowest BCUT2D eigenvalue weighted by Gasteiger charge is -2.26. The monoisotopic (exact) mass is 299 g/mol. The lowest BCUT2D eigenvalue weighted by atomic mass is 10.2. The first-order valence-corrected chi connectivity index (χ1v) is 7.59. The number of benzene rings is 1. The molecule has 3 heterocycles. The third-order valence-corrected chi connectivity index (χ3v) is 4.15. The Labute approximate surface area is 125 Å². The number of nitrogens with zero attached hydrogens (tertiary/aromatic N) is 2. The van der Waals surface area contributed by atoms with E-state index in [2.05, 4.69) is 15.3 Å². The molecule has 5 nitrogen and oxygen atoms in total. The summed E-state index contributed by atoms with van der Waals surface area (Å²) >= 11 is 1.61. The second kappa shape index (κ2) is 5.21. The molecule has 2 aromatic heterocycles. The largest absolute Gasteiger partial charge is 0.486 e. The molecule has 4 rings (SSSR count). The van der Waals surface area contributed by atoms with E-state index in [1.807, 2.05) is 35.7 Å². The number of thiophene rings is 1. The minimum atomic E-state index is -0.0384. The lowest BCUT2D eigenvalue weighted by molar-refractivity contribution is 0.0997. The summed E-state index contributed by atoms with van der Waals surface area (Å²) in [6, 6.07) is 9.74. The molecule has 0 aliphatic carbocycles. The molecular formula is C15H13N3O2S. The molecule has 1 aliphatic heterocycles. The fourth-order valence-corrected chi connectivity index (χ4v) is 3.04. The summed E-state index contributed by atoms with van der Waals surface area (Å²) < 4.78 is 11.6. The van der Waals surface area contributed by atoms with Crippen LogP contribution in [0, 0.1) is 0 Å². The topological polar surface area (TPSA) is 56.3 Å². The van der Waals surface area contributed by atoms with Crippen molar-refractivity contribution < 1.29 is 9.47 Å². The molecule has 0 saturated carbocycles. The van der Waals surface area contributed by atoms with Crippen molar-refractivity contribution in [3.63, 3.8) is 0 Å². The van der Waals surface area contributed by atoms with E-state index in [0.717, 1.165) is 27.5 Å². The minimum Gasteiger partial charge on any atom is -0.486 e. The zero-order chi connectivity index (χ0) is 14.1. The van der Waals surface area contributed by atoms with Gasteiger partial charge < -0.3 is 14.8 Å². The molecule has 1 N–H and O–H groups in total. The molecular weight excluding hydrogens is 286 g/mol. The first kappa shape index (κ1) is 12.4. The first-order chi connectivity index (χ1) is 10.4. The smallest absolute Gasteiger partial charge is 0.161 e. The molecule has 0 fully saturated rings. The second-order valence-corrected chi connectivity index (χ2v) is 5.63. The van der Waals surface area contributed by atoms with Gasteiger partial charge in [-0.25, -0.2) is 9.97 Å². The van der Waals surface area contributed by atoms with Gasteiger partial charge in [0, 0.05) is 0 Å². The highest BCUT2D eigenvalue weighted by Crippen LogP contribution is 2.31. The van der Waals surface area contributed by atoms with Gasteiger partial charge in [0.25, 0.3) is 0 Å². The van der Waals surface area contributed by atoms with Crippen molar-refractivity contribution in [3.05, 3.63) is 42.0 Å². The van der Waals surface area contributed by atoms with Crippen LogP contribution in [0.4, 0.5) is 5.82 Å². The molecule has 0 unspecified atom stereocenters. The quantitative estimate of drug-likeness (QED) is 0.806. The van der Waals surface area contributed by atoms with Crippen molar-refractivity contribution in [2.24, 2.45) is 0 Å². The number of ether oxygens (including phenoxy) is 2. The van der Waals surface area contributed by atoms with Gasteiger partial charge in [0.1, 0.15) is 29.7 Å². The first-order valence-electron chi connectivity index (χ1n) is 6.71. The van der Waals surface area contributed by atoms with Crippen molar-refractivity contribution in [3.8, 4) is 11.5 Å². The maximum Gasteiger partial charge on any atom is 0.161 e. The molecule has 0 bridgehead atoms. The van der Waals surface area contributed by atoms with Gasteiger partial charge in [-0.05, 0) is 23.6 Å². The Morgan fingerprint density at radius 1 is 1.19 bits per heavy atom. The number of hydrogen-bond acceptors (Lipinski definition) is 6. The summed E-state index contributed by atoms with van der Waals surface area (Å²) in [4.78, 5) is 9.52. The Morgan fingerprint density at radius 2 is 2.10 bits per heavy atom. The molecule has 106 valence electrons. The normalized spacial score (nSPS) is 16.9. The van der Waals surface area contributed by atoms with Crippen LogP contribution in [-0.4, -0.2) is 29.2 Å². The highest BCUT2D eigenvalue weighted by molar-refractivity contribution is 7.16. The Balaban J connectivity index is 1.47. The number of fused-ring (bicyclic) bond motifs is 2. The van der Waals surface area contributed by atoms with E-state index in [1.54, 1.807) is 17.7 Å². The van der Waals surface area contributed by atoms with Crippen LogP contribution in [0.15, 0.2) is 42.0 Å². The van der Waals surface area contributed by atoms with Crippen LogP contribution in [-0.2, 0) is 0 Å². The van der Waals surface area contributed by atoms with E-state index in [9.17, 15) is 0 Å². The molecule has 0 amide bonds. The number of rotatable bonds is 3. The zero-order valence-electron chi connectivity index (χ0n) is 11.2. The average molecular weight is 299 g/mol. The van der Waals surface area contributed by atoms with Crippen molar-refractivity contribution in [1.82, 2.24) is 9.97 Å². The zero-order valence-corrected chi connectivity index (χ0v) is 12.0. The number of aromatic nitrogens is 2. The maximum absolute atomic E-state index is 5.92. The second-order valence-electron chi connectivity index (χ2n) is 4.74.